The number of hydrogen-bond acceptors (Lipinski definition) is 0. The second-order valence-electron chi connectivity index (χ2n) is 1.36. The summed E-state index contributed by atoms with van der Waals surface area (Å²) >= 11 is 0. The second-order valence-corrected chi connectivity index (χ2v) is 2.85. The molecule has 32 valence electrons. The Hall–Kier alpha value is 0.610. The molecule has 0 nitrogen and oxygen atoms in total. The van der Waals surface area contributed by atoms with E-state index in [9.17, 15) is 0 Å². The molecule has 0 aliphatic heterocycles. The fraction of sp³-hybridized carbons (Fsp3) is 1.00. The summed E-state index contributed by atoms with van der Waals surface area (Å²) in [7, 11) is 3.44. The minimum atomic E-state index is -0.0766. The summed E-state index contributed by atoms with van der Waals surface area (Å²) < 4.78 is 0. The zero-order chi connectivity index (χ0) is 6.41. The SMILES string of the molecule is B#S(C)=BB=BB=B. The van der Waals surface area contributed by atoms with E-state index >= 15 is 0 Å². The van der Waals surface area contributed by atoms with Crippen LogP contribution >= 0.6 is 9.56 Å². The fourth-order valence-corrected chi connectivity index (χ4v) is 0.586. The van der Waals surface area contributed by atoms with E-state index in [1.807, 2.05) is 25.7 Å². The van der Waals surface area contributed by atoms with Crippen molar-refractivity contribution in [3.05, 3.63) is 0 Å². The van der Waals surface area contributed by atoms with Crippen molar-refractivity contribution in [2.45, 2.75) is 0 Å². The summed E-state index contributed by atoms with van der Waals surface area (Å²) in [4.78, 5) is 0. The molecule has 0 aromatic carbocycles. The molecule has 0 saturated carbocycles. The Kier molecular flexibility index (Phi) is 6.18. The van der Waals surface area contributed by atoms with Crippen molar-refractivity contribution in [3.8, 4) is 0 Å². The predicted octanol–water partition coefficient (Wildman–Crippen LogP) is -1.74. The van der Waals surface area contributed by atoms with Crippen LogP contribution in [0.25, 0.3) is 0 Å². The van der Waals surface area contributed by atoms with Gasteiger partial charge < -0.3 is 0 Å². The van der Waals surface area contributed by atoms with Crippen LogP contribution in [0.5, 0.6) is 0 Å². The molecule has 0 heterocycles. The van der Waals surface area contributed by atoms with Gasteiger partial charge in [0, 0.05) is 0 Å². The Labute approximate surface area is 56.3 Å². The van der Waals surface area contributed by atoms with Crippen molar-refractivity contribution in [1.29, 1.82) is 0 Å². The van der Waals surface area contributed by atoms with E-state index in [0.717, 1.165) is 0 Å². The number of rotatable bonds is 2. The van der Waals surface area contributed by atoms with Crippen LogP contribution in [-0.2, 0) is 0 Å². The van der Waals surface area contributed by atoms with Gasteiger partial charge >= 0.3 is 55.8 Å². The van der Waals surface area contributed by atoms with Gasteiger partial charge in [0.25, 0.3) is 0 Å². The van der Waals surface area contributed by atoms with Gasteiger partial charge in [-0.15, -0.1) is 0 Å². The van der Waals surface area contributed by atoms with Crippen LogP contribution in [0.3, 0.4) is 0 Å². The van der Waals surface area contributed by atoms with Crippen molar-refractivity contribution >= 4 is 49.6 Å². The van der Waals surface area contributed by atoms with Gasteiger partial charge in [0.1, 0.15) is 0 Å². The van der Waals surface area contributed by atoms with Crippen LogP contribution in [0.1, 0.15) is 0 Å². The molecule has 0 aliphatic carbocycles. The first-order valence-electron chi connectivity index (χ1n) is 2.29. The van der Waals surface area contributed by atoms with E-state index in [2.05, 4.69) is 7.37 Å². The van der Waals surface area contributed by atoms with Crippen molar-refractivity contribution in [2.75, 3.05) is 6.26 Å². The van der Waals surface area contributed by atoms with Gasteiger partial charge in [0.15, 0.2) is 0 Å². The monoisotopic (exact) mass is 114 g/mol. The van der Waals surface area contributed by atoms with Gasteiger partial charge in [-0.2, -0.15) is 0 Å². The molecular formula is CH4B6S. The third-order valence-corrected chi connectivity index (χ3v) is 1.13. The van der Waals surface area contributed by atoms with Crippen molar-refractivity contribution in [1.82, 2.24) is 0 Å². The van der Waals surface area contributed by atoms with Crippen LogP contribution in [-0.4, -0.2) is 46.3 Å². The van der Waals surface area contributed by atoms with Crippen molar-refractivity contribution in [2.24, 2.45) is 0 Å². The van der Waals surface area contributed by atoms with Crippen LogP contribution in [0.2, 0.25) is 0 Å². The van der Waals surface area contributed by atoms with Crippen molar-refractivity contribution < 1.29 is 0 Å². The average molecular weight is 113 g/mol. The molecule has 0 fully saturated rings. The molecule has 0 unspecified atom stereocenters. The Morgan fingerprint density at radius 3 is 2.50 bits per heavy atom. The van der Waals surface area contributed by atoms with Crippen LogP contribution in [0.4, 0.5) is 0 Å². The van der Waals surface area contributed by atoms with E-state index < -0.39 is 0 Å². The molecule has 0 amide bonds. The van der Waals surface area contributed by atoms with Crippen molar-refractivity contribution in [3.63, 3.8) is 0 Å². The number of hydrogen-bond donors (Lipinski definition) is 0. The molecule has 0 spiro atoms. The Bertz CT molecular complexity index is 206. The molecule has 0 N–H and O–H groups in total. The Balaban J connectivity index is 3.83. The molecule has 0 radical (unpaired) electrons. The first-order valence-corrected chi connectivity index (χ1v) is 4.05. The van der Waals surface area contributed by atoms with Gasteiger partial charge in [-0.3, -0.25) is 0 Å². The van der Waals surface area contributed by atoms with Crippen LogP contribution < -0.4 is 0 Å². The summed E-state index contributed by atoms with van der Waals surface area (Å²) in [5, 5.41) is 0. The average Bonchev–Trinajstić information content (AvgIpc) is 1.66. The molecule has 0 saturated heterocycles. The summed E-state index contributed by atoms with van der Waals surface area (Å²) in [5.41, 5.74) is 0. The second kappa shape index (κ2) is 5.74. The fourth-order valence-electron chi connectivity index (χ4n) is 0.248. The van der Waals surface area contributed by atoms with E-state index in [-0.39, 0.29) is 9.56 Å². The molecule has 8 heavy (non-hydrogen) atoms. The van der Waals surface area contributed by atoms with Gasteiger partial charge in [-0.1, -0.05) is 0 Å². The summed E-state index contributed by atoms with van der Waals surface area (Å²) in [5.74, 6) is 0. The Morgan fingerprint density at radius 1 is 1.50 bits per heavy atom. The predicted molar refractivity (Wildman–Crippen MR) is 49.4 cm³/mol. The maximum atomic E-state index is 5.42. The topological polar surface area (TPSA) is 0 Å². The molecule has 0 aliphatic rings. The minimum absolute atomic E-state index is 0.0766. The third kappa shape index (κ3) is 6.61. The first kappa shape index (κ1) is 8.61. The molecule has 0 bridgehead atoms. The third-order valence-electron chi connectivity index (χ3n) is 0.540. The zero-order valence-electron chi connectivity index (χ0n) is 5.00. The zero-order valence-corrected chi connectivity index (χ0v) is 5.82. The maximum absolute atomic E-state index is 5.42. The van der Waals surface area contributed by atoms with E-state index in [1.54, 1.807) is 6.69 Å². The summed E-state index contributed by atoms with van der Waals surface area (Å²) in [6.45, 7) is 10.9. The first-order chi connectivity index (χ1) is 3.77. The quantitative estimate of drug-likeness (QED) is 0.373. The van der Waals surface area contributed by atoms with Crippen LogP contribution in [0.15, 0.2) is 0 Å². The normalized spacial score (nSPS) is 9.00. The van der Waals surface area contributed by atoms with Gasteiger partial charge in [-0.05, 0) is 0 Å². The van der Waals surface area contributed by atoms with E-state index in [1.165, 1.54) is 0 Å². The van der Waals surface area contributed by atoms with Gasteiger partial charge in [0.05, 0.1) is 0 Å². The van der Waals surface area contributed by atoms with Crippen LogP contribution in [0, 0.1) is 0 Å². The van der Waals surface area contributed by atoms with E-state index in [0.29, 0.717) is 0 Å². The van der Waals surface area contributed by atoms with Gasteiger partial charge in [-0.25, -0.2) is 0 Å². The standard InChI is InChI=1S/CH4B6S/c1-8(3)7-6-5-4-2/h2H,1H3. The molecule has 0 aromatic heterocycles. The summed E-state index contributed by atoms with van der Waals surface area (Å²) in [6, 6.07) is 1.93. The molecular weight excluding hydrogens is 109 g/mol. The van der Waals surface area contributed by atoms with Gasteiger partial charge in [0.2, 0.25) is 0 Å². The molecule has 0 rings (SSSR count). The molecule has 0 atom stereocenters. The summed E-state index contributed by atoms with van der Waals surface area (Å²) in [6.07, 6.45) is 1.95. The molecule has 0 aromatic rings. The Morgan fingerprint density at radius 2 is 2.12 bits per heavy atom. The van der Waals surface area contributed by atoms with E-state index in [4.69, 9.17) is 6.53 Å². The molecule has 7 heteroatoms.